The molecule has 1 aliphatic heterocycles. The molecule has 0 aromatic heterocycles. The van der Waals surface area contributed by atoms with Crippen LogP contribution in [-0.2, 0) is 32.1 Å². The monoisotopic (exact) mass is 549 g/mol. The fourth-order valence-corrected chi connectivity index (χ4v) is 4.99. The summed E-state index contributed by atoms with van der Waals surface area (Å²) in [5.41, 5.74) is 1.45. The van der Waals surface area contributed by atoms with E-state index in [1.54, 1.807) is 0 Å². The fourth-order valence-electron chi connectivity index (χ4n) is 4.99. The Balaban J connectivity index is 1.31. The second kappa shape index (κ2) is 13.5. The summed E-state index contributed by atoms with van der Waals surface area (Å²) >= 11 is 0. The van der Waals surface area contributed by atoms with Crippen molar-refractivity contribution < 1.29 is 28.7 Å². The summed E-state index contributed by atoms with van der Waals surface area (Å²) in [6.07, 6.45) is 3.23. The molecule has 0 bridgehead atoms. The molecule has 0 radical (unpaired) electrons. The molecule has 0 spiro atoms. The van der Waals surface area contributed by atoms with Crippen molar-refractivity contribution in [1.29, 1.82) is 0 Å². The van der Waals surface area contributed by atoms with Crippen LogP contribution >= 0.6 is 0 Å². The molecule has 214 valence electrons. The van der Waals surface area contributed by atoms with E-state index in [2.05, 4.69) is 16.0 Å². The predicted octanol–water partition coefficient (Wildman–Crippen LogP) is 3.69. The molecule has 1 aliphatic carbocycles. The number of alkyl carbamates (subject to hydrolysis) is 1. The van der Waals surface area contributed by atoms with E-state index in [1.165, 1.54) is 0 Å². The maximum Gasteiger partial charge on any atom is 0.408 e. The molecule has 1 saturated carbocycles. The normalized spacial score (nSPS) is 18.8. The number of rotatable bonds is 14. The van der Waals surface area contributed by atoms with Gasteiger partial charge in [-0.15, -0.1) is 0 Å². The van der Waals surface area contributed by atoms with Gasteiger partial charge in [0, 0.05) is 18.9 Å². The van der Waals surface area contributed by atoms with Gasteiger partial charge in [-0.25, -0.2) is 4.79 Å². The maximum absolute atomic E-state index is 13.1. The Bertz CT molecular complexity index is 1180. The van der Waals surface area contributed by atoms with Gasteiger partial charge >= 0.3 is 6.09 Å². The molecule has 9 heteroatoms. The summed E-state index contributed by atoms with van der Waals surface area (Å²) in [4.78, 5) is 49.5. The Kier molecular flexibility index (Phi) is 9.79. The fraction of sp³-hybridized carbons (Fsp3) is 0.484. The number of carbonyl (C=O) groups excluding carboxylic acids is 4. The van der Waals surface area contributed by atoms with E-state index in [9.17, 15) is 19.2 Å². The topological polar surface area (TPSA) is 123 Å². The first-order valence-electron chi connectivity index (χ1n) is 14.0. The summed E-state index contributed by atoms with van der Waals surface area (Å²) < 4.78 is 11.8. The minimum atomic E-state index is -0.863. The smallest absolute Gasteiger partial charge is 0.408 e. The Labute approximate surface area is 235 Å². The van der Waals surface area contributed by atoms with Gasteiger partial charge in [0.25, 0.3) is 0 Å². The number of nitrogens with one attached hydrogen (secondary N) is 3. The lowest BCUT2D eigenvalue weighted by Crippen LogP contribution is -2.51. The van der Waals surface area contributed by atoms with Crippen LogP contribution in [0.5, 0.6) is 5.75 Å². The van der Waals surface area contributed by atoms with Crippen LogP contribution in [0.4, 0.5) is 4.79 Å². The Morgan fingerprint density at radius 3 is 2.48 bits per heavy atom. The second-order valence-electron chi connectivity index (χ2n) is 11.3. The van der Waals surface area contributed by atoms with E-state index in [4.69, 9.17) is 9.47 Å². The number of benzene rings is 2. The molecule has 1 heterocycles. The quantitative estimate of drug-likeness (QED) is 0.309. The Morgan fingerprint density at radius 1 is 1.07 bits per heavy atom. The standard InChI is InChI=1S/C31H39N3O6/c1-21(2)15-27(29(37)33-25(19-35)17-24-11-14-32-28(24)36)34-30(38)40-31(12-13-31)18-23-9-6-10-26(16-23)39-20-22-7-4-3-5-8-22/h3-10,16,19,21,24-25,27H,11-15,17-18,20H2,1-2H3,(H,32,36)(H,33,37)(H,34,38). The first-order valence-corrected chi connectivity index (χ1v) is 14.0. The number of aldehydes is 1. The van der Waals surface area contributed by atoms with Crippen LogP contribution in [0.1, 0.15) is 57.1 Å². The van der Waals surface area contributed by atoms with Gasteiger partial charge in [-0.1, -0.05) is 56.3 Å². The first-order chi connectivity index (χ1) is 19.2. The van der Waals surface area contributed by atoms with Crippen LogP contribution in [0, 0.1) is 11.8 Å². The van der Waals surface area contributed by atoms with Gasteiger partial charge < -0.3 is 30.2 Å². The Hall–Kier alpha value is -3.88. The zero-order valence-corrected chi connectivity index (χ0v) is 23.2. The highest BCUT2D eigenvalue weighted by Gasteiger charge is 2.47. The van der Waals surface area contributed by atoms with E-state index in [1.807, 2.05) is 68.4 Å². The van der Waals surface area contributed by atoms with Crippen LogP contribution in [0.2, 0.25) is 0 Å². The highest BCUT2D eigenvalue weighted by atomic mass is 16.6. The zero-order chi connectivity index (χ0) is 28.5. The molecule has 1 saturated heterocycles. The molecule has 2 fully saturated rings. The van der Waals surface area contributed by atoms with Gasteiger partial charge in [0.1, 0.15) is 30.3 Å². The number of ether oxygens (including phenoxy) is 2. The molecule has 2 aromatic carbocycles. The van der Waals surface area contributed by atoms with Crippen LogP contribution in [0.15, 0.2) is 54.6 Å². The van der Waals surface area contributed by atoms with Gasteiger partial charge in [-0.3, -0.25) is 9.59 Å². The van der Waals surface area contributed by atoms with Crippen LogP contribution in [-0.4, -0.2) is 48.4 Å². The third-order valence-electron chi connectivity index (χ3n) is 7.30. The number of carbonyl (C=O) groups is 4. The van der Waals surface area contributed by atoms with Gasteiger partial charge in [-0.05, 0) is 61.3 Å². The number of hydrogen-bond acceptors (Lipinski definition) is 6. The molecule has 2 aliphatic rings. The van der Waals surface area contributed by atoms with Crippen molar-refractivity contribution in [2.24, 2.45) is 11.8 Å². The molecule has 3 unspecified atom stereocenters. The first kappa shape index (κ1) is 29.1. The van der Waals surface area contributed by atoms with Crippen LogP contribution in [0.3, 0.4) is 0 Å². The lowest BCUT2D eigenvalue weighted by Gasteiger charge is -2.24. The third-order valence-corrected chi connectivity index (χ3v) is 7.30. The van der Waals surface area contributed by atoms with Crippen molar-refractivity contribution in [2.75, 3.05) is 6.54 Å². The molecule has 3 atom stereocenters. The number of hydrogen-bond donors (Lipinski definition) is 3. The molecule has 3 N–H and O–H groups in total. The molecular weight excluding hydrogens is 510 g/mol. The highest BCUT2D eigenvalue weighted by Crippen LogP contribution is 2.43. The predicted molar refractivity (Wildman–Crippen MR) is 149 cm³/mol. The van der Waals surface area contributed by atoms with Crippen molar-refractivity contribution in [3.63, 3.8) is 0 Å². The van der Waals surface area contributed by atoms with E-state index < -0.39 is 29.7 Å². The zero-order valence-electron chi connectivity index (χ0n) is 23.2. The minimum Gasteiger partial charge on any atom is -0.489 e. The van der Waals surface area contributed by atoms with Gasteiger partial charge in [-0.2, -0.15) is 0 Å². The van der Waals surface area contributed by atoms with E-state index >= 15 is 0 Å². The SMILES string of the molecule is CC(C)CC(NC(=O)OC1(Cc2cccc(OCc3ccccc3)c2)CC1)C(=O)NC(C=O)CC1CCNC1=O. The highest BCUT2D eigenvalue weighted by molar-refractivity contribution is 5.88. The number of amides is 3. The molecule has 9 nitrogen and oxygen atoms in total. The summed E-state index contributed by atoms with van der Waals surface area (Å²) in [5.74, 6) is -0.0253. The van der Waals surface area contributed by atoms with Crippen molar-refractivity contribution in [2.45, 2.75) is 76.7 Å². The van der Waals surface area contributed by atoms with Crippen molar-refractivity contribution in [3.8, 4) is 5.75 Å². The van der Waals surface area contributed by atoms with Crippen molar-refractivity contribution >= 4 is 24.2 Å². The molecule has 2 aromatic rings. The maximum atomic E-state index is 13.1. The van der Waals surface area contributed by atoms with E-state index in [-0.39, 0.29) is 24.2 Å². The van der Waals surface area contributed by atoms with Crippen LogP contribution < -0.4 is 20.7 Å². The Morgan fingerprint density at radius 2 is 1.82 bits per heavy atom. The van der Waals surface area contributed by atoms with Gasteiger partial charge in [0.2, 0.25) is 11.8 Å². The van der Waals surface area contributed by atoms with Crippen molar-refractivity contribution in [3.05, 3.63) is 65.7 Å². The third kappa shape index (κ3) is 8.56. The lowest BCUT2D eigenvalue weighted by atomic mass is 9.98. The molecule has 4 rings (SSSR count). The van der Waals surface area contributed by atoms with Crippen molar-refractivity contribution in [1.82, 2.24) is 16.0 Å². The van der Waals surface area contributed by atoms with Crippen LogP contribution in [0.25, 0.3) is 0 Å². The van der Waals surface area contributed by atoms with Gasteiger partial charge in [0.15, 0.2) is 0 Å². The molecular formula is C31H39N3O6. The van der Waals surface area contributed by atoms with Gasteiger partial charge in [0.05, 0.1) is 6.04 Å². The van der Waals surface area contributed by atoms with E-state index in [0.29, 0.717) is 38.7 Å². The summed E-state index contributed by atoms with van der Waals surface area (Å²) in [7, 11) is 0. The summed E-state index contributed by atoms with van der Waals surface area (Å²) in [6, 6.07) is 16.0. The molecule has 3 amide bonds. The summed E-state index contributed by atoms with van der Waals surface area (Å²) in [6.45, 7) is 4.93. The lowest BCUT2D eigenvalue weighted by molar-refractivity contribution is -0.127. The second-order valence-corrected chi connectivity index (χ2v) is 11.3. The average molecular weight is 550 g/mol. The van der Waals surface area contributed by atoms with E-state index in [0.717, 1.165) is 29.7 Å². The largest absolute Gasteiger partial charge is 0.489 e. The minimum absolute atomic E-state index is 0.107. The average Bonchev–Trinajstić information content (AvgIpc) is 3.56. The summed E-state index contributed by atoms with van der Waals surface area (Å²) in [5, 5.41) is 8.16. The molecule has 40 heavy (non-hydrogen) atoms.